The van der Waals surface area contributed by atoms with Crippen LogP contribution in [0.5, 0.6) is 17.2 Å². The van der Waals surface area contributed by atoms with Crippen LogP contribution in [0.4, 0.5) is 0 Å². The largest absolute Gasteiger partial charge is 0.493 e. The fourth-order valence-corrected chi connectivity index (χ4v) is 3.35. The lowest BCUT2D eigenvalue weighted by Gasteiger charge is -2.27. The highest BCUT2D eigenvalue weighted by atomic mass is 16.5. The maximum absolute atomic E-state index is 10.4. The van der Waals surface area contributed by atoms with Crippen molar-refractivity contribution < 1.29 is 24.2 Å². The van der Waals surface area contributed by atoms with E-state index in [0.717, 1.165) is 19.5 Å². The lowest BCUT2D eigenvalue weighted by atomic mass is 10.00. The quantitative estimate of drug-likeness (QED) is 0.789. The van der Waals surface area contributed by atoms with Crippen LogP contribution in [0.1, 0.15) is 11.1 Å². The number of para-hydroxylation sites is 1. The molecule has 0 amide bonds. The molecular formula is C20H26NO4+. The van der Waals surface area contributed by atoms with Crippen LogP contribution >= 0.6 is 0 Å². The lowest BCUT2D eigenvalue weighted by molar-refractivity contribution is -0.918. The van der Waals surface area contributed by atoms with Crippen molar-refractivity contribution in [1.82, 2.24) is 0 Å². The molecule has 1 aliphatic heterocycles. The highest BCUT2D eigenvalue weighted by Gasteiger charge is 2.22. The lowest BCUT2D eigenvalue weighted by Crippen LogP contribution is -3.13. The van der Waals surface area contributed by atoms with Crippen molar-refractivity contribution in [2.45, 2.75) is 19.1 Å². The van der Waals surface area contributed by atoms with Crippen molar-refractivity contribution in [2.24, 2.45) is 0 Å². The molecule has 0 bridgehead atoms. The smallest absolute Gasteiger partial charge is 0.203 e. The Morgan fingerprint density at radius 3 is 2.36 bits per heavy atom. The molecule has 0 spiro atoms. The van der Waals surface area contributed by atoms with Crippen LogP contribution < -0.4 is 19.1 Å². The van der Waals surface area contributed by atoms with Gasteiger partial charge >= 0.3 is 0 Å². The Balaban J connectivity index is 1.57. The maximum Gasteiger partial charge on any atom is 0.203 e. The van der Waals surface area contributed by atoms with Gasteiger partial charge in [0.2, 0.25) is 5.75 Å². The average Bonchev–Trinajstić information content (AvgIpc) is 2.65. The van der Waals surface area contributed by atoms with E-state index in [-0.39, 0.29) is 6.61 Å². The Hall–Kier alpha value is -2.24. The summed E-state index contributed by atoms with van der Waals surface area (Å²) in [6, 6.07) is 14.0. The number of ether oxygens (including phenoxy) is 3. The number of hydrogen-bond donors (Lipinski definition) is 2. The van der Waals surface area contributed by atoms with Crippen molar-refractivity contribution >= 4 is 0 Å². The summed E-state index contributed by atoms with van der Waals surface area (Å²) < 4.78 is 16.4. The maximum atomic E-state index is 10.4. The van der Waals surface area contributed by atoms with E-state index in [4.69, 9.17) is 14.2 Å². The van der Waals surface area contributed by atoms with Gasteiger partial charge in [-0.3, -0.25) is 0 Å². The van der Waals surface area contributed by atoms with Gasteiger partial charge in [-0.1, -0.05) is 30.3 Å². The van der Waals surface area contributed by atoms with E-state index in [1.807, 2.05) is 18.2 Å². The molecular weight excluding hydrogens is 318 g/mol. The molecule has 0 aromatic heterocycles. The molecule has 2 aromatic rings. The molecule has 0 aliphatic carbocycles. The number of rotatable bonds is 7. The van der Waals surface area contributed by atoms with Gasteiger partial charge in [0.05, 0.1) is 20.8 Å². The summed E-state index contributed by atoms with van der Waals surface area (Å²) in [6.07, 6.45) is 0.509. The minimum atomic E-state index is -0.546. The zero-order chi connectivity index (χ0) is 17.6. The monoisotopic (exact) mass is 344 g/mol. The summed E-state index contributed by atoms with van der Waals surface area (Å²) in [7, 11) is 3.18. The zero-order valence-electron chi connectivity index (χ0n) is 14.8. The number of quaternary nitrogens is 1. The third-order valence-electron chi connectivity index (χ3n) is 4.63. The van der Waals surface area contributed by atoms with E-state index in [1.54, 1.807) is 14.2 Å². The van der Waals surface area contributed by atoms with Gasteiger partial charge < -0.3 is 24.2 Å². The first-order valence-electron chi connectivity index (χ1n) is 8.63. The van der Waals surface area contributed by atoms with Crippen LogP contribution in [0.15, 0.2) is 42.5 Å². The summed E-state index contributed by atoms with van der Waals surface area (Å²) in [5.74, 6) is 1.74. The Bertz CT molecular complexity index is 682. The first-order valence-corrected chi connectivity index (χ1v) is 8.63. The predicted molar refractivity (Wildman–Crippen MR) is 95.6 cm³/mol. The molecule has 2 atom stereocenters. The molecule has 0 saturated heterocycles. The summed E-state index contributed by atoms with van der Waals surface area (Å²) in [5, 5.41) is 10.4. The molecule has 0 fully saturated rings. The molecule has 0 saturated carbocycles. The SMILES string of the molecule is COc1cccc(OC)c1OC[C@H](O)C[NH+]1CCc2ccccc2C1. The number of benzene rings is 2. The van der Waals surface area contributed by atoms with Crippen LogP contribution in [0, 0.1) is 0 Å². The van der Waals surface area contributed by atoms with Crippen molar-refractivity contribution in [3.8, 4) is 17.2 Å². The highest BCUT2D eigenvalue weighted by molar-refractivity contribution is 5.51. The minimum Gasteiger partial charge on any atom is -0.493 e. The van der Waals surface area contributed by atoms with Gasteiger partial charge in [-0.2, -0.15) is 0 Å². The van der Waals surface area contributed by atoms with E-state index in [1.165, 1.54) is 16.0 Å². The minimum absolute atomic E-state index is 0.210. The van der Waals surface area contributed by atoms with Crippen molar-refractivity contribution in [2.75, 3.05) is 33.9 Å². The van der Waals surface area contributed by atoms with E-state index in [0.29, 0.717) is 23.8 Å². The highest BCUT2D eigenvalue weighted by Crippen LogP contribution is 2.36. The second kappa shape index (κ2) is 8.23. The van der Waals surface area contributed by atoms with Crippen LogP contribution in [0.2, 0.25) is 0 Å². The second-order valence-electron chi connectivity index (χ2n) is 6.36. The summed E-state index contributed by atoms with van der Waals surface area (Å²) >= 11 is 0. The topological polar surface area (TPSA) is 52.4 Å². The molecule has 5 nitrogen and oxygen atoms in total. The number of hydrogen-bond acceptors (Lipinski definition) is 4. The molecule has 3 rings (SSSR count). The number of fused-ring (bicyclic) bond motifs is 1. The zero-order valence-corrected chi connectivity index (χ0v) is 14.8. The molecule has 2 N–H and O–H groups in total. The molecule has 25 heavy (non-hydrogen) atoms. The Labute approximate surface area is 148 Å². The van der Waals surface area contributed by atoms with Crippen LogP contribution in [-0.2, 0) is 13.0 Å². The molecule has 5 heteroatoms. The molecule has 134 valence electrons. The van der Waals surface area contributed by atoms with Gasteiger partial charge in [-0.05, 0) is 17.7 Å². The molecule has 0 radical (unpaired) electrons. The van der Waals surface area contributed by atoms with E-state index < -0.39 is 6.10 Å². The van der Waals surface area contributed by atoms with Gasteiger partial charge in [-0.25, -0.2) is 0 Å². The fraction of sp³-hybridized carbons (Fsp3) is 0.400. The molecule has 1 aliphatic rings. The fourth-order valence-electron chi connectivity index (χ4n) is 3.35. The van der Waals surface area contributed by atoms with Gasteiger partial charge in [0.25, 0.3) is 0 Å². The summed E-state index contributed by atoms with van der Waals surface area (Å²) in [5.41, 5.74) is 2.80. The van der Waals surface area contributed by atoms with Crippen LogP contribution in [-0.4, -0.2) is 45.1 Å². The van der Waals surface area contributed by atoms with Crippen molar-refractivity contribution in [3.63, 3.8) is 0 Å². The summed E-state index contributed by atoms with van der Waals surface area (Å²) in [4.78, 5) is 1.38. The molecule has 1 unspecified atom stereocenters. The number of nitrogens with one attached hydrogen (secondary N) is 1. The van der Waals surface area contributed by atoms with Gasteiger partial charge in [0.1, 0.15) is 25.8 Å². The normalized spacial score (nSPS) is 17.5. The number of methoxy groups -OCH3 is 2. The Morgan fingerprint density at radius 2 is 1.68 bits per heavy atom. The number of aliphatic hydroxyl groups is 1. The van der Waals surface area contributed by atoms with Gasteiger partial charge in [0.15, 0.2) is 11.5 Å². The average molecular weight is 344 g/mol. The van der Waals surface area contributed by atoms with Gasteiger partial charge in [0, 0.05) is 12.0 Å². The van der Waals surface area contributed by atoms with Gasteiger partial charge in [-0.15, -0.1) is 0 Å². The Morgan fingerprint density at radius 1 is 1.00 bits per heavy atom. The predicted octanol–water partition coefficient (Wildman–Crippen LogP) is 1.08. The van der Waals surface area contributed by atoms with E-state index >= 15 is 0 Å². The van der Waals surface area contributed by atoms with E-state index in [2.05, 4.69) is 24.3 Å². The van der Waals surface area contributed by atoms with Crippen molar-refractivity contribution in [1.29, 1.82) is 0 Å². The first kappa shape index (κ1) is 17.6. The van der Waals surface area contributed by atoms with Crippen LogP contribution in [0.3, 0.4) is 0 Å². The first-order chi connectivity index (χ1) is 12.2. The number of aliphatic hydroxyl groups excluding tert-OH is 1. The van der Waals surface area contributed by atoms with E-state index in [9.17, 15) is 5.11 Å². The van der Waals surface area contributed by atoms with Crippen molar-refractivity contribution in [3.05, 3.63) is 53.6 Å². The second-order valence-corrected chi connectivity index (χ2v) is 6.36. The Kier molecular flexibility index (Phi) is 5.79. The molecule has 2 aromatic carbocycles. The standard InChI is InChI=1S/C20H25NO4/c1-23-18-8-5-9-19(24-2)20(18)25-14-17(22)13-21-11-10-15-6-3-4-7-16(15)12-21/h3-9,17,22H,10-14H2,1-2H3/p+1/t17-/m1/s1. The third-order valence-corrected chi connectivity index (χ3v) is 4.63. The van der Waals surface area contributed by atoms with Crippen LogP contribution in [0.25, 0.3) is 0 Å². The third kappa shape index (κ3) is 4.24. The summed E-state index contributed by atoms with van der Waals surface area (Å²) in [6.45, 7) is 2.85. The molecule has 1 heterocycles.